The fraction of sp³-hybridized carbons (Fsp3) is 0.586. The van der Waals surface area contributed by atoms with Crippen molar-refractivity contribution in [1.82, 2.24) is 24.5 Å². The largest absolute Gasteiger partial charge is 0.415 e. The van der Waals surface area contributed by atoms with E-state index in [9.17, 15) is 82.9 Å². The van der Waals surface area contributed by atoms with Crippen LogP contribution in [-0.2, 0) is 90.5 Å². The molecule has 36 heteroatoms. The number of hydrogen-bond donors (Lipinski definition) is 1. The average Bonchev–Trinajstić information content (AvgIpc) is 1.64. The molecule has 0 atom stereocenters. The number of hydrogen-bond acceptors (Lipinski definition) is 33. The van der Waals surface area contributed by atoms with E-state index in [0.29, 0.717) is 89.5 Å². The monoisotopic (exact) mass is 1760 g/mol. The normalized spacial score (nSPS) is 26.2. The molecule has 0 aromatic heterocycles. The summed E-state index contributed by atoms with van der Waals surface area (Å²) in [6.45, 7) is 23.7. The number of methoxy groups -OCH3 is 1. The number of thiocarbonyl (C=S) groups is 3. The minimum absolute atomic E-state index is 0.00376. The first-order chi connectivity index (χ1) is 58.1. The molecular formula is C87H99F3N10O20S3. The number of halogens is 3. The van der Waals surface area contributed by atoms with Crippen LogP contribution in [0.2, 0.25) is 0 Å². The minimum atomic E-state index is -3.12. The number of aliphatic hydroxyl groups excluding tert-OH is 1. The van der Waals surface area contributed by atoms with Crippen LogP contribution in [0, 0.1) is 83.7 Å². The molecule has 10 aliphatic heterocycles. The van der Waals surface area contributed by atoms with E-state index in [4.69, 9.17) is 60.3 Å². The van der Waals surface area contributed by atoms with Crippen LogP contribution in [0.1, 0.15) is 198 Å². The van der Waals surface area contributed by atoms with Gasteiger partial charge in [-0.3, -0.25) is 0 Å². The molecule has 656 valence electrons. The van der Waals surface area contributed by atoms with Crippen LogP contribution < -0.4 is 0 Å². The van der Waals surface area contributed by atoms with Crippen LogP contribution in [0.3, 0.4) is 0 Å². The first-order valence-electron chi connectivity index (χ1n) is 40.9. The number of allylic oxidation sites excluding steroid dienone is 15. The van der Waals surface area contributed by atoms with Crippen molar-refractivity contribution in [1.29, 1.82) is 26.3 Å². The molecule has 10 fully saturated rings. The van der Waals surface area contributed by atoms with Crippen molar-refractivity contribution in [2.75, 3.05) is 72.6 Å². The Kier molecular flexibility index (Phi) is 28.8. The highest BCUT2D eigenvalue weighted by Crippen LogP contribution is 2.52. The first kappa shape index (κ1) is 92.9. The van der Waals surface area contributed by atoms with E-state index >= 15 is 0 Å². The molecule has 0 unspecified atom stereocenters. The van der Waals surface area contributed by atoms with Gasteiger partial charge in [-0.2, -0.15) is 30.7 Å². The summed E-state index contributed by atoms with van der Waals surface area (Å²) in [6, 6.07) is 11.0. The topological polar surface area (TPSA) is 393 Å². The zero-order valence-electron chi connectivity index (χ0n) is 70.6. The Morgan fingerprint density at radius 3 is 0.789 bits per heavy atom. The van der Waals surface area contributed by atoms with Crippen molar-refractivity contribution in [3.05, 3.63) is 112 Å². The first-order valence-corrected chi connectivity index (χ1v) is 42.2. The Balaban J connectivity index is 0.000000150. The molecule has 1 N–H and O–H groups in total. The standard InChI is InChI=1S/C18H20F2N2O4.C18H22N2O5.C17H19FN2O4.C17H20N2O5.C17H18N2O2S3/c1-18(2)7-10(11(9-21)12(8-18)22-5-3-4-6-22)13-15(23)25-17(14(19)20)26-16(13)24;1-18(2)8-11(14-15(21)24-17(23-3)25-16(14)22)12(10-19)13(9-18)20-6-4-5-7-20;1-17(2)7-10(13-14(21)23-16(18)24-15(13)22)11(9-19)12(8-17)20-5-3-4-6-20;1-17(2)7-10(13-14(20)23-16(22)24-15(13)21)11(9-18)12(8-17)19-5-3-4-6-19;1-17(2)7-10(13-14(22)20-16(24)21-15(13)23)11(9-18)12(8-17)19-5-3-4-6-19/h14,17H,3-8H2,1-2H3;17H,4-9H2,1-3H3;16H,3-8H2,1-2H3;16,22H,3-8H2,1-2H3;3-8H2,1-2H3. The second-order valence-corrected chi connectivity index (χ2v) is 37.1. The molecule has 5 aliphatic carbocycles. The number of carbonyl (C=O) groups excluding carboxylic acids is 8. The fourth-order valence-corrected chi connectivity index (χ4v) is 19.1. The lowest BCUT2D eigenvalue weighted by atomic mass is 9.72. The van der Waals surface area contributed by atoms with E-state index in [1.54, 1.807) is 0 Å². The van der Waals surface area contributed by atoms with Gasteiger partial charge in [0.1, 0.15) is 52.6 Å². The third-order valence-corrected chi connectivity index (χ3v) is 24.2. The number of esters is 8. The second kappa shape index (κ2) is 38.1. The molecule has 10 heterocycles. The van der Waals surface area contributed by atoms with Crippen molar-refractivity contribution < 1.29 is 109 Å². The van der Waals surface area contributed by atoms with Gasteiger partial charge in [0.2, 0.25) is 10.1 Å². The minimum Gasteiger partial charge on any atom is -0.415 e. The van der Waals surface area contributed by atoms with Crippen LogP contribution in [0.4, 0.5) is 13.2 Å². The van der Waals surface area contributed by atoms with Gasteiger partial charge in [0.05, 0.1) is 33.4 Å². The number of rotatable bonds is 7. The van der Waals surface area contributed by atoms with E-state index in [1.807, 2.05) is 41.5 Å². The van der Waals surface area contributed by atoms with Gasteiger partial charge in [0.25, 0.3) is 0 Å². The molecule has 0 amide bonds. The molecule has 0 aromatic rings. The molecule has 30 nitrogen and oxygen atoms in total. The zero-order valence-corrected chi connectivity index (χ0v) is 73.1. The maximum atomic E-state index is 13.1. The van der Waals surface area contributed by atoms with Crippen molar-refractivity contribution in [2.24, 2.45) is 27.1 Å². The third-order valence-electron chi connectivity index (χ3n) is 23.4. The van der Waals surface area contributed by atoms with Crippen LogP contribution in [0.5, 0.6) is 0 Å². The quantitative estimate of drug-likeness (QED) is 0.0813. The molecule has 123 heavy (non-hydrogen) atoms. The van der Waals surface area contributed by atoms with Crippen LogP contribution >= 0.6 is 36.7 Å². The van der Waals surface area contributed by atoms with Gasteiger partial charge in [-0.1, -0.05) is 69.2 Å². The predicted molar refractivity (Wildman–Crippen MR) is 438 cm³/mol. The van der Waals surface area contributed by atoms with Crippen molar-refractivity contribution in [2.45, 2.75) is 230 Å². The van der Waals surface area contributed by atoms with E-state index in [1.165, 1.54) is 7.11 Å². The lowest BCUT2D eigenvalue weighted by Gasteiger charge is -2.38. The summed E-state index contributed by atoms with van der Waals surface area (Å²) >= 11 is 15.6. The summed E-state index contributed by atoms with van der Waals surface area (Å²) in [4.78, 5) is 109. The van der Waals surface area contributed by atoms with Crippen LogP contribution in [0.25, 0.3) is 0 Å². The maximum Gasteiger partial charge on any atom is 0.401 e. The number of alkyl halides is 3. The smallest absolute Gasteiger partial charge is 0.401 e. The lowest BCUT2D eigenvalue weighted by molar-refractivity contribution is -0.262. The van der Waals surface area contributed by atoms with Crippen LogP contribution in [-0.4, -0.2) is 197 Å². The highest BCUT2D eigenvalue weighted by molar-refractivity contribution is 7.83. The van der Waals surface area contributed by atoms with Crippen molar-refractivity contribution in [3.63, 3.8) is 0 Å². The summed E-state index contributed by atoms with van der Waals surface area (Å²) in [6.07, 6.45) is 11.2. The van der Waals surface area contributed by atoms with Crippen molar-refractivity contribution in [3.8, 4) is 30.3 Å². The Morgan fingerprint density at radius 2 is 0.569 bits per heavy atom. The van der Waals surface area contributed by atoms with E-state index in [2.05, 4.69) is 111 Å². The lowest BCUT2D eigenvalue weighted by Crippen LogP contribution is -2.40. The highest BCUT2D eigenvalue weighted by atomic mass is 32.1. The molecule has 0 bridgehead atoms. The second-order valence-electron chi connectivity index (χ2n) is 36.1. The molecular weight excluding hydrogens is 1660 g/mol. The summed E-state index contributed by atoms with van der Waals surface area (Å²) in [7, 11) is 1.28. The molecule has 0 spiro atoms. The maximum absolute atomic E-state index is 13.1. The Labute approximate surface area is 727 Å². The summed E-state index contributed by atoms with van der Waals surface area (Å²) in [5, 5.41) is 58.3. The zero-order chi connectivity index (χ0) is 89.7. The van der Waals surface area contributed by atoms with Gasteiger partial charge in [-0.25, -0.2) is 47.1 Å². The Hall–Kier alpha value is -10.8. The molecule has 0 saturated carbocycles. The number of nitrogens with zero attached hydrogens (tertiary/aromatic N) is 10. The highest BCUT2D eigenvalue weighted by Gasteiger charge is 2.49. The van der Waals surface area contributed by atoms with E-state index < -0.39 is 85.5 Å². The van der Waals surface area contributed by atoms with Gasteiger partial charge >= 0.3 is 85.2 Å². The van der Waals surface area contributed by atoms with Gasteiger partial charge in [0.15, 0.2) is 0 Å². The van der Waals surface area contributed by atoms with Crippen molar-refractivity contribution >= 4 is 99.7 Å². The molecule has 0 radical (unpaired) electrons. The Morgan fingerprint density at radius 1 is 0.358 bits per heavy atom. The molecule has 15 rings (SSSR count). The number of cyclic esters (lactones) is 8. The SMILES string of the molecule is CC1(C)CC(=C2C(=O)OC(C(F)F)OC2=O)C(C#N)=C(N2CCCC2)C1.CC1(C)CC(=C2C(=O)OC(F)OC2=O)C(C#N)=C(N2CCCC2)C1.CC1(C)CC(=C2C(=O)OC(O)OC2=O)C(C#N)=C(N2CCCC2)C1.CC1(C)CC(=C2C(=S)OC(=S)OC2=S)C(C#N)=C(N2CCCC2)C1.COC1OC(=O)C(=C2CC(C)(C)CC(N3CCCC3)=C2C#N)C(=O)O1. The summed E-state index contributed by atoms with van der Waals surface area (Å²) in [5.41, 5.74) is 6.99. The van der Waals surface area contributed by atoms with E-state index in [-0.39, 0.29) is 76.7 Å². The van der Waals surface area contributed by atoms with Crippen LogP contribution in [0.15, 0.2) is 112 Å². The molecule has 15 aliphatic rings. The average molecular weight is 1760 g/mol. The number of nitriles is 5. The van der Waals surface area contributed by atoms with Gasteiger partial charge in [0, 0.05) is 113 Å². The van der Waals surface area contributed by atoms with Gasteiger partial charge in [-0.15, -0.1) is 0 Å². The number of ether oxygens (including phenoxy) is 11. The predicted octanol–water partition coefficient (Wildman–Crippen LogP) is 12.3. The van der Waals surface area contributed by atoms with E-state index in [0.717, 1.165) is 177 Å². The third kappa shape index (κ3) is 21.2. The summed E-state index contributed by atoms with van der Waals surface area (Å²) < 4.78 is 91.0. The van der Waals surface area contributed by atoms with Gasteiger partial charge in [-0.05, 0) is 208 Å². The summed E-state index contributed by atoms with van der Waals surface area (Å²) in [5.74, 6) is -7.95. The van der Waals surface area contributed by atoms with Gasteiger partial charge < -0.3 is 81.7 Å². The number of likely N-dealkylation sites (tertiary alicyclic amines) is 5. The Bertz CT molecular complexity index is 4790. The fourth-order valence-electron chi connectivity index (χ4n) is 18.2. The molecule has 0 aromatic carbocycles. The molecule has 10 saturated heterocycles. The number of aliphatic hydroxyl groups is 1. The number of carbonyl (C=O) groups is 8.